The largest absolute Gasteiger partial charge is 0.415 e. The van der Waals surface area contributed by atoms with Crippen molar-refractivity contribution in [3.8, 4) is 0 Å². The Morgan fingerprint density at radius 3 is 2.23 bits per heavy atom. The first-order valence-corrected chi connectivity index (χ1v) is 23.1. The van der Waals surface area contributed by atoms with Gasteiger partial charge in [0.05, 0.1) is 12.3 Å². The fraction of sp³-hybridized carbons (Fsp3) is 0.794. The molecule has 40 heavy (non-hydrogen) atoms. The van der Waals surface area contributed by atoms with E-state index in [4.69, 9.17) is 18.8 Å². The van der Waals surface area contributed by atoms with Gasteiger partial charge < -0.3 is 13.7 Å². The molecule has 0 aliphatic heterocycles. The van der Waals surface area contributed by atoms with Crippen LogP contribution in [0.5, 0.6) is 0 Å². The van der Waals surface area contributed by atoms with Gasteiger partial charge in [0.1, 0.15) is 6.61 Å². The third kappa shape index (κ3) is 6.50. The Morgan fingerprint density at radius 2 is 1.52 bits per heavy atom. The highest BCUT2D eigenvalue weighted by Crippen LogP contribution is 2.67. The van der Waals surface area contributed by atoms with E-state index in [9.17, 15) is 0 Å². The van der Waals surface area contributed by atoms with Crippen molar-refractivity contribution < 1.29 is 13.7 Å². The van der Waals surface area contributed by atoms with Gasteiger partial charge in [-0.25, -0.2) is 0 Å². The summed E-state index contributed by atoms with van der Waals surface area (Å²) < 4.78 is 13.1. The van der Waals surface area contributed by atoms with E-state index >= 15 is 0 Å². The Morgan fingerprint density at radius 1 is 0.825 bits per heavy atom. The zero-order valence-corrected chi connectivity index (χ0v) is 28.8. The molecule has 4 saturated carbocycles. The predicted octanol–water partition coefficient (Wildman–Crippen LogP) is 9.29. The lowest BCUT2D eigenvalue weighted by Crippen LogP contribution is -2.55. The van der Waals surface area contributed by atoms with Gasteiger partial charge in [0, 0.05) is 12.0 Å². The maximum atomic E-state index is 6.65. The van der Waals surface area contributed by atoms with Crippen molar-refractivity contribution in [1.82, 2.24) is 0 Å². The van der Waals surface area contributed by atoms with Crippen molar-refractivity contribution in [2.75, 3.05) is 6.61 Å². The highest BCUT2D eigenvalue weighted by Gasteiger charge is 2.61. The Labute approximate surface area is 247 Å². The van der Waals surface area contributed by atoms with Crippen LogP contribution in [0.2, 0.25) is 39.3 Å². The Balaban J connectivity index is 1.31. The smallest absolute Gasteiger partial charge is 0.184 e. The first-order chi connectivity index (χ1) is 18.8. The molecule has 0 heterocycles. The summed E-state index contributed by atoms with van der Waals surface area (Å²) in [5, 5.41) is 4.86. The average molecular weight is 584 g/mol. The van der Waals surface area contributed by atoms with Gasteiger partial charge >= 0.3 is 0 Å². The molecule has 1 aromatic carbocycles. The van der Waals surface area contributed by atoms with Crippen LogP contribution in [0.15, 0.2) is 35.5 Å². The molecule has 0 bridgehead atoms. The van der Waals surface area contributed by atoms with Gasteiger partial charge in [-0.15, -0.1) is 0 Å². The van der Waals surface area contributed by atoms with Crippen molar-refractivity contribution in [1.29, 1.82) is 0 Å². The van der Waals surface area contributed by atoms with Crippen LogP contribution in [0.25, 0.3) is 0 Å². The molecule has 0 radical (unpaired) electrons. The van der Waals surface area contributed by atoms with Crippen LogP contribution >= 0.6 is 0 Å². The maximum absolute atomic E-state index is 6.65. The lowest BCUT2D eigenvalue weighted by molar-refractivity contribution is -0.121. The standard InChI is InChI=1S/C34H57NO3Si2/c1-33-20-18-27(38-40(6,7)8)22-26(33)14-15-28-29-16-17-31(34(29,2)21-19-30(28)33)32(24-37-39(3,4)5)35-36-23-25-12-10-9-11-13-25/h9-13,26-31H,14-24H2,1-8H3/b35-32+. The molecule has 0 N–H and O–H groups in total. The van der Waals surface area contributed by atoms with Gasteiger partial charge in [-0.2, -0.15) is 0 Å². The van der Waals surface area contributed by atoms with E-state index in [0.29, 0.717) is 36.1 Å². The molecule has 0 aromatic heterocycles. The van der Waals surface area contributed by atoms with Gasteiger partial charge in [-0.05, 0) is 137 Å². The van der Waals surface area contributed by atoms with Crippen LogP contribution in [0.1, 0.15) is 77.2 Å². The van der Waals surface area contributed by atoms with Crippen molar-refractivity contribution in [2.24, 2.45) is 45.6 Å². The SMILES string of the molecule is CC12CCC(O[Si](C)(C)C)CC1CCC1C2CCC2(C)C(/C(CO[Si](C)(C)C)=N/OCc3ccccc3)CCC12. The number of hydrogen-bond donors (Lipinski definition) is 0. The van der Waals surface area contributed by atoms with Crippen LogP contribution in [0.4, 0.5) is 0 Å². The molecule has 0 amide bonds. The van der Waals surface area contributed by atoms with Crippen LogP contribution in [0.3, 0.4) is 0 Å². The van der Waals surface area contributed by atoms with Crippen LogP contribution in [0, 0.1) is 40.4 Å². The zero-order valence-electron chi connectivity index (χ0n) is 26.8. The number of hydrogen-bond acceptors (Lipinski definition) is 4. The molecule has 6 heteroatoms. The normalized spacial score (nSPS) is 38.4. The van der Waals surface area contributed by atoms with Gasteiger partial charge in [0.2, 0.25) is 0 Å². The van der Waals surface area contributed by atoms with E-state index in [1.165, 1.54) is 69.1 Å². The van der Waals surface area contributed by atoms with Gasteiger partial charge in [0.25, 0.3) is 0 Å². The number of rotatable bonds is 9. The summed E-state index contributed by atoms with van der Waals surface area (Å²) in [5.41, 5.74) is 3.15. The highest BCUT2D eigenvalue weighted by atomic mass is 28.4. The summed E-state index contributed by atoms with van der Waals surface area (Å²) in [6, 6.07) is 10.4. The second kappa shape index (κ2) is 11.6. The third-order valence-corrected chi connectivity index (χ3v) is 13.5. The second-order valence-electron chi connectivity index (χ2n) is 16.2. The zero-order chi connectivity index (χ0) is 28.8. The molecule has 8 unspecified atom stereocenters. The quantitative estimate of drug-likeness (QED) is 0.165. The summed E-state index contributed by atoms with van der Waals surface area (Å²) >= 11 is 0. The maximum Gasteiger partial charge on any atom is 0.184 e. The van der Waals surface area contributed by atoms with Crippen LogP contribution in [-0.2, 0) is 20.3 Å². The third-order valence-electron chi connectivity index (χ3n) is 11.4. The summed E-state index contributed by atoms with van der Waals surface area (Å²) in [6.45, 7) is 20.4. The molecule has 0 saturated heterocycles. The molecule has 4 aliphatic carbocycles. The molecule has 5 rings (SSSR count). The van der Waals surface area contributed by atoms with Crippen molar-refractivity contribution >= 4 is 22.3 Å². The average Bonchev–Trinajstić information content (AvgIpc) is 3.22. The lowest BCUT2D eigenvalue weighted by Gasteiger charge is -2.61. The van der Waals surface area contributed by atoms with E-state index in [-0.39, 0.29) is 0 Å². The summed E-state index contributed by atoms with van der Waals surface area (Å²) in [4.78, 5) is 6.04. The van der Waals surface area contributed by atoms with Crippen LogP contribution in [-0.4, -0.2) is 35.1 Å². The summed E-state index contributed by atoms with van der Waals surface area (Å²) in [5.74, 6) is 3.86. The highest BCUT2D eigenvalue weighted by molar-refractivity contribution is 6.70. The summed E-state index contributed by atoms with van der Waals surface area (Å²) in [7, 11) is -3.15. The van der Waals surface area contributed by atoms with Crippen molar-refractivity contribution in [3.05, 3.63) is 35.9 Å². The van der Waals surface area contributed by atoms with Crippen LogP contribution < -0.4 is 0 Å². The van der Waals surface area contributed by atoms with E-state index in [2.05, 4.69) is 83.5 Å². The molecule has 4 aliphatic rings. The topological polar surface area (TPSA) is 40.0 Å². The molecule has 0 spiro atoms. The van der Waals surface area contributed by atoms with Crippen molar-refractivity contribution in [2.45, 2.75) is 124 Å². The fourth-order valence-electron chi connectivity index (χ4n) is 9.62. The molecule has 4 nitrogen and oxygen atoms in total. The Bertz CT molecular complexity index is 1030. The minimum atomic E-state index is -1.66. The van der Waals surface area contributed by atoms with E-state index < -0.39 is 16.6 Å². The van der Waals surface area contributed by atoms with Crippen molar-refractivity contribution in [3.63, 3.8) is 0 Å². The molecule has 1 aromatic rings. The molecule has 4 fully saturated rings. The minimum Gasteiger partial charge on any atom is -0.415 e. The van der Waals surface area contributed by atoms with Gasteiger partial charge in [-0.3, -0.25) is 0 Å². The second-order valence-corrected chi connectivity index (χ2v) is 25.2. The first kappa shape index (κ1) is 30.5. The van der Waals surface area contributed by atoms with E-state index in [0.717, 1.165) is 23.7 Å². The molecule has 224 valence electrons. The number of oxime groups is 1. The summed E-state index contributed by atoms with van der Waals surface area (Å²) in [6.07, 6.45) is 12.6. The Kier molecular flexibility index (Phi) is 8.86. The van der Waals surface area contributed by atoms with E-state index in [1.807, 2.05) is 0 Å². The number of benzene rings is 1. The van der Waals surface area contributed by atoms with Gasteiger partial charge in [0.15, 0.2) is 16.6 Å². The fourth-order valence-corrected chi connectivity index (χ4v) is 11.4. The first-order valence-electron chi connectivity index (χ1n) is 16.3. The molecular formula is C34H57NO3Si2. The number of nitrogens with zero attached hydrogens (tertiary/aromatic N) is 1. The predicted molar refractivity (Wildman–Crippen MR) is 171 cm³/mol. The van der Waals surface area contributed by atoms with Gasteiger partial charge in [-0.1, -0.05) is 49.3 Å². The number of fused-ring (bicyclic) bond motifs is 5. The lowest BCUT2D eigenvalue weighted by atomic mass is 9.44. The monoisotopic (exact) mass is 583 g/mol. The molecule has 8 atom stereocenters. The van der Waals surface area contributed by atoms with E-state index in [1.54, 1.807) is 0 Å². The minimum absolute atomic E-state index is 0.306. The Hall–Kier alpha value is -0.956. The molecular weight excluding hydrogens is 527 g/mol.